The fourth-order valence-electron chi connectivity index (χ4n) is 3.67. The van der Waals surface area contributed by atoms with E-state index in [2.05, 4.69) is 29.2 Å². The Balaban J connectivity index is 1.60. The molecule has 1 saturated carbocycles. The molecule has 0 spiro atoms. The predicted molar refractivity (Wildman–Crippen MR) is 80.0 cm³/mol. The van der Waals surface area contributed by atoms with Gasteiger partial charge in [0.1, 0.15) is 0 Å². The average molecular weight is 258 g/mol. The van der Waals surface area contributed by atoms with Crippen LogP contribution < -0.4 is 5.73 Å². The fourth-order valence-corrected chi connectivity index (χ4v) is 3.67. The van der Waals surface area contributed by atoms with Crippen molar-refractivity contribution >= 4 is 0 Å². The van der Waals surface area contributed by atoms with E-state index >= 15 is 0 Å². The highest BCUT2D eigenvalue weighted by Crippen LogP contribution is 2.30. The number of hydrogen-bond donors (Lipinski definition) is 1. The maximum atomic E-state index is 6.48. The van der Waals surface area contributed by atoms with E-state index < -0.39 is 0 Å². The summed E-state index contributed by atoms with van der Waals surface area (Å²) in [6.45, 7) is 3.52. The SMILES string of the molecule is NC1(CCN2CCCc3ccccc3C2)CCCC1. The normalized spacial score (nSPS) is 23.0. The van der Waals surface area contributed by atoms with Gasteiger partial charge in [0.2, 0.25) is 0 Å². The van der Waals surface area contributed by atoms with Gasteiger partial charge in [-0.15, -0.1) is 0 Å². The summed E-state index contributed by atoms with van der Waals surface area (Å²) in [6, 6.07) is 8.92. The van der Waals surface area contributed by atoms with Crippen LogP contribution in [0.25, 0.3) is 0 Å². The Morgan fingerprint density at radius 2 is 1.79 bits per heavy atom. The van der Waals surface area contributed by atoms with Crippen LogP contribution in [0.4, 0.5) is 0 Å². The standard InChI is InChI=1S/C17H26N2/c18-17(9-3-4-10-17)11-13-19-12-5-8-15-6-1-2-7-16(15)14-19/h1-2,6-7H,3-5,8-14,18H2. The highest BCUT2D eigenvalue weighted by atomic mass is 15.1. The van der Waals surface area contributed by atoms with Crippen molar-refractivity contribution < 1.29 is 0 Å². The molecule has 1 heterocycles. The molecule has 0 bridgehead atoms. The first-order valence-electron chi connectivity index (χ1n) is 7.83. The van der Waals surface area contributed by atoms with Gasteiger partial charge in [-0.3, -0.25) is 4.90 Å². The van der Waals surface area contributed by atoms with Gasteiger partial charge in [0.15, 0.2) is 0 Å². The number of benzene rings is 1. The van der Waals surface area contributed by atoms with Crippen molar-refractivity contribution in [1.29, 1.82) is 0 Å². The lowest BCUT2D eigenvalue weighted by Crippen LogP contribution is -2.40. The summed E-state index contributed by atoms with van der Waals surface area (Å²) in [7, 11) is 0. The minimum atomic E-state index is 0.145. The lowest BCUT2D eigenvalue weighted by Gasteiger charge is -2.28. The van der Waals surface area contributed by atoms with Gasteiger partial charge in [-0.2, -0.15) is 0 Å². The van der Waals surface area contributed by atoms with Crippen molar-refractivity contribution in [2.45, 2.75) is 57.0 Å². The Morgan fingerprint density at radius 1 is 1.05 bits per heavy atom. The molecular formula is C17H26N2. The highest BCUT2D eigenvalue weighted by Gasteiger charge is 2.29. The Kier molecular flexibility index (Phi) is 3.90. The zero-order valence-corrected chi connectivity index (χ0v) is 11.9. The lowest BCUT2D eigenvalue weighted by atomic mass is 9.94. The highest BCUT2D eigenvalue weighted by molar-refractivity contribution is 5.28. The van der Waals surface area contributed by atoms with Crippen LogP contribution >= 0.6 is 0 Å². The number of rotatable bonds is 3. The molecule has 0 atom stereocenters. The third-order valence-electron chi connectivity index (χ3n) is 4.96. The van der Waals surface area contributed by atoms with Crippen molar-refractivity contribution in [3.05, 3.63) is 35.4 Å². The first kappa shape index (κ1) is 13.1. The van der Waals surface area contributed by atoms with Gasteiger partial charge < -0.3 is 5.73 Å². The monoisotopic (exact) mass is 258 g/mol. The first-order valence-corrected chi connectivity index (χ1v) is 7.83. The van der Waals surface area contributed by atoms with Gasteiger partial charge in [-0.05, 0) is 49.8 Å². The molecule has 2 nitrogen and oxygen atoms in total. The minimum absolute atomic E-state index is 0.145. The summed E-state index contributed by atoms with van der Waals surface area (Å²) >= 11 is 0. The quantitative estimate of drug-likeness (QED) is 0.902. The summed E-state index contributed by atoms with van der Waals surface area (Å²) in [5.74, 6) is 0. The number of aryl methyl sites for hydroxylation is 1. The van der Waals surface area contributed by atoms with Crippen LogP contribution in [-0.4, -0.2) is 23.5 Å². The van der Waals surface area contributed by atoms with Crippen molar-refractivity contribution in [2.24, 2.45) is 5.73 Å². The second kappa shape index (κ2) is 5.64. The van der Waals surface area contributed by atoms with Crippen molar-refractivity contribution in [3.8, 4) is 0 Å². The third kappa shape index (κ3) is 3.18. The summed E-state index contributed by atoms with van der Waals surface area (Å²) in [5.41, 5.74) is 9.70. The second-order valence-electron chi connectivity index (χ2n) is 6.47. The maximum absolute atomic E-state index is 6.48. The molecule has 0 aromatic heterocycles. The van der Waals surface area contributed by atoms with Crippen LogP contribution in [0.3, 0.4) is 0 Å². The third-order valence-corrected chi connectivity index (χ3v) is 4.96. The molecule has 3 rings (SSSR count). The number of nitrogens with zero attached hydrogens (tertiary/aromatic N) is 1. The summed E-state index contributed by atoms with van der Waals surface area (Å²) in [6.07, 6.45) is 8.83. The Bertz CT molecular complexity index is 421. The minimum Gasteiger partial charge on any atom is -0.325 e. The topological polar surface area (TPSA) is 29.3 Å². The lowest BCUT2D eigenvalue weighted by molar-refractivity contribution is 0.234. The molecule has 2 heteroatoms. The van der Waals surface area contributed by atoms with Crippen LogP contribution in [0.1, 0.15) is 49.7 Å². The summed E-state index contributed by atoms with van der Waals surface area (Å²) in [4.78, 5) is 2.61. The van der Waals surface area contributed by atoms with Crippen LogP contribution in [0.15, 0.2) is 24.3 Å². The number of fused-ring (bicyclic) bond motifs is 1. The number of nitrogens with two attached hydrogens (primary N) is 1. The van der Waals surface area contributed by atoms with Crippen LogP contribution in [0.5, 0.6) is 0 Å². The summed E-state index contributed by atoms with van der Waals surface area (Å²) < 4.78 is 0. The Hall–Kier alpha value is -0.860. The zero-order valence-electron chi connectivity index (χ0n) is 11.9. The average Bonchev–Trinajstić information content (AvgIpc) is 2.74. The fraction of sp³-hybridized carbons (Fsp3) is 0.647. The Labute approximate surface area is 117 Å². The van der Waals surface area contributed by atoms with Crippen LogP contribution in [0.2, 0.25) is 0 Å². The molecule has 0 saturated heterocycles. The van der Waals surface area contributed by atoms with E-state index in [1.165, 1.54) is 63.6 Å². The maximum Gasteiger partial charge on any atom is 0.0236 e. The molecule has 19 heavy (non-hydrogen) atoms. The molecule has 0 radical (unpaired) electrons. The van der Waals surface area contributed by atoms with Gasteiger partial charge in [0.05, 0.1) is 0 Å². The zero-order chi connectivity index (χ0) is 13.1. The molecule has 0 unspecified atom stereocenters. The van der Waals surface area contributed by atoms with E-state index in [1.807, 2.05) is 0 Å². The Morgan fingerprint density at radius 3 is 2.58 bits per heavy atom. The molecule has 1 aliphatic heterocycles. The van der Waals surface area contributed by atoms with Gasteiger partial charge >= 0.3 is 0 Å². The number of hydrogen-bond acceptors (Lipinski definition) is 2. The molecule has 2 aliphatic rings. The van der Waals surface area contributed by atoms with E-state index in [9.17, 15) is 0 Å². The van der Waals surface area contributed by atoms with E-state index in [0.717, 1.165) is 6.54 Å². The van der Waals surface area contributed by atoms with Gasteiger partial charge in [0, 0.05) is 18.6 Å². The molecule has 2 N–H and O–H groups in total. The second-order valence-corrected chi connectivity index (χ2v) is 6.47. The van der Waals surface area contributed by atoms with Crippen molar-refractivity contribution in [2.75, 3.05) is 13.1 Å². The van der Waals surface area contributed by atoms with Crippen LogP contribution in [-0.2, 0) is 13.0 Å². The van der Waals surface area contributed by atoms with E-state index in [1.54, 1.807) is 5.56 Å². The van der Waals surface area contributed by atoms with E-state index in [4.69, 9.17) is 5.73 Å². The predicted octanol–water partition coefficient (Wildman–Crippen LogP) is 3.10. The van der Waals surface area contributed by atoms with Crippen molar-refractivity contribution in [1.82, 2.24) is 4.90 Å². The molecule has 0 amide bonds. The molecule has 104 valence electrons. The summed E-state index contributed by atoms with van der Waals surface area (Å²) in [5, 5.41) is 0. The van der Waals surface area contributed by atoms with Crippen LogP contribution in [0, 0.1) is 0 Å². The molecule has 1 fully saturated rings. The molecule has 1 aliphatic carbocycles. The first-order chi connectivity index (χ1) is 9.25. The van der Waals surface area contributed by atoms with Gasteiger partial charge in [-0.1, -0.05) is 37.1 Å². The molecule has 1 aromatic carbocycles. The largest absolute Gasteiger partial charge is 0.325 e. The smallest absolute Gasteiger partial charge is 0.0236 e. The van der Waals surface area contributed by atoms with E-state index in [0.29, 0.717) is 0 Å². The van der Waals surface area contributed by atoms with Crippen molar-refractivity contribution in [3.63, 3.8) is 0 Å². The molecule has 1 aromatic rings. The van der Waals surface area contributed by atoms with E-state index in [-0.39, 0.29) is 5.54 Å². The van der Waals surface area contributed by atoms with Gasteiger partial charge in [-0.25, -0.2) is 0 Å². The van der Waals surface area contributed by atoms with Gasteiger partial charge in [0.25, 0.3) is 0 Å². The molecular weight excluding hydrogens is 232 g/mol.